The third kappa shape index (κ3) is 6.84. The van der Waals surface area contributed by atoms with Crippen molar-refractivity contribution in [2.75, 3.05) is 13.9 Å². The maximum atomic E-state index is 6.35. The van der Waals surface area contributed by atoms with Gasteiger partial charge in [0, 0.05) is 35.2 Å². The summed E-state index contributed by atoms with van der Waals surface area (Å²) in [5.41, 5.74) is 7.18. The molecule has 0 aliphatic heterocycles. The third-order valence-electron chi connectivity index (χ3n) is 6.52. The Kier molecular flexibility index (Phi) is 9.50. The maximum Gasteiger partial charge on any atom is 0.188 e. The molecule has 4 heteroatoms. The molecule has 3 aromatic rings. The van der Waals surface area contributed by atoms with E-state index in [1.165, 1.54) is 33.1 Å². The second-order valence-corrected chi connectivity index (χ2v) is 12.7. The van der Waals surface area contributed by atoms with Gasteiger partial charge < -0.3 is 9.47 Å². The number of nitrogens with zero attached hydrogens (tertiary/aromatic N) is 1. The highest BCUT2D eigenvalue weighted by Crippen LogP contribution is 2.51. The van der Waals surface area contributed by atoms with Crippen molar-refractivity contribution in [3.8, 4) is 5.75 Å². The van der Waals surface area contributed by atoms with Crippen molar-refractivity contribution in [3.63, 3.8) is 0 Å². The van der Waals surface area contributed by atoms with Crippen molar-refractivity contribution < 1.29 is 9.47 Å². The van der Waals surface area contributed by atoms with Gasteiger partial charge in [-0.1, -0.05) is 104 Å². The maximum absolute atomic E-state index is 6.35. The van der Waals surface area contributed by atoms with Crippen LogP contribution in [-0.2, 0) is 15.3 Å². The van der Waals surface area contributed by atoms with Crippen LogP contribution >= 0.6 is 8.58 Å². The summed E-state index contributed by atoms with van der Waals surface area (Å²) in [6.45, 7) is 16.1. The van der Waals surface area contributed by atoms with Crippen LogP contribution in [0.25, 0.3) is 0 Å². The van der Waals surface area contributed by atoms with Crippen LogP contribution in [0.5, 0.6) is 5.75 Å². The van der Waals surface area contributed by atoms with Crippen LogP contribution in [0.3, 0.4) is 0 Å². The highest BCUT2D eigenvalue weighted by Gasteiger charge is 2.34. The molecule has 0 radical (unpaired) electrons. The van der Waals surface area contributed by atoms with E-state index in [0.717, 1.165) is 24.3 Å². The number of aryl methyl sites for hydroxylation is 2. The zero-order valence-electron chi connectivity index (χ0n) is 23.2. The van der Waals surface area contributed by atoms with E-state index in [0.29, 0.717) is 8.58 Å². The number of benzene rings is 3. The molecule has 0 aliphatic carbocycles. The first kappa shape index (κ1) is 28.1. The van der Waals surface area contributed by atoms with Crippen LogP contribution in [0.15, 0.2) is 65.7 Å². The Morgan fingerprint density at radius 1 is 0.917 bits per heavy atom. The lowest BCUT2D eigenvalue weighted by Gasteiger charge is -2.36. The van der Waals surface area contributed by atoms with Crippen molar-refractivity contribution in [2.45, 2.75) is 71.9 Å². The van der Waals surface area contributed by atoms with E-state index >= 15 is 0 Å². The van der Waals surface area contributed by atoms with Crippen LogP contribution in [0.2, 0.25) is 0 Å². The van der Waals surface area contributed by atoms with Crippen LogP contribution in [0, 0.1) is 13.8 Å². The summed E-state index contributed by atoms with van der Waals surface area (Å²) in [5, 5.41) is 1.27. The van der Waals surface area contributed by atoms with E-state index in [9.17, 15) is 0 Å². The molecule has 0 spiro atoms. The zero-order chi connectivity index (χ0) is 26.3. The van der Waals surface area contributed by atoms with Gasteiger partial charge in [0.05, 0.1) is 5.69 Å². The molecule has 0 N–H and O–H groups in total. The first-order valence-corrected chi connectivity index (χ1v) is 13.8. The minimum absolute atomic E-state index is 0.0454. The zero-order valence-corrected chi connectivity index (χ0v) is 24.2. The fourth-order valence-corrected chi connectivity index (χ4v) is 6.50. The Morgan fingerprint density at radius 2 is 1.61 bits per heavy atom. The van der Waals surface area contributed by atoms with Crippen molar-refractivity contribution in [1.82, 2.24) is 0 Å². The number of methoxy groups -OCH3 is 1. The SMILES string of the molecule is CCCC(C)(Pc1c(C)cccc1C=Nc1ccccc1)c1cc(C)cc(C(C)(C)C)c1OCOC. The highest BCUT2D eigenvalue weighted by atomic mass is 31.1. The van der Waals surface area contributed by atoms with Gasteiger partial charge in [-0.25, -0.2) is 0 Å². The second-order valence-electron chi connectivity index (χ2n) is 10.8. The lowest BCUT2D eigenvalue weighted by atomic mass is 9.81. The molecule has 0 saturated heterocycles. The first-order valence-electron chi connectivity index (χ1n) is 12.8. The minimum Gasteiger partial charge on any atom is -0.467 e. The molecule has 0 aliphatic rings. The molecule has 3 rings (SSSR count). The van der Waals surface area contributed by atoms with Crippen LogP contribution in [-0.4, -0.2) is 20.1 Å². The quantitative estimate of drug-likeness (QED) is 0.158. The molecule has 2 atom stereocenters. The Hall–Kier alpha value is -2.48. The number of aliphatic imine (C=N–C) groups is 1. The normalized spacial score (nSPS) is 14.0. The molecule has 0 aromatic heterocycles. The Morgan fingerprint density at radius 3 is 2.25 bits per heavy atom. The van der Waals surface area contributed by atoms with Gasteiger partial charge in [0.2, 0.25) is 0 Å². The molecule has 0 fully saturated rings. The number of para-hydroxylation sites is 1. The molecule has 2 unspecified atom stereocenters. The number of hydrogen-bond acceptors (Lipinski definition) is 3. The van der Waals surface area contributed by atoms with Gasteiger partial charge in [-0.05, 0) is 48.7 Å². The fourth-order valence-electron chi connectivity index (χ4n) is 4.68. The highest BCUT2D eigenvalue weighted by molar-refractivity contribution is 7.49. The monoisotopic (exact) mass is 503 g/mol. The second kappa shape index (κ2) is 12.2. The molecule has 3 aromatic carbocycles. The van der Waals surface area contributed by atoms with E-state index in [1.54, 1.807) is 7.11 Å². The van der Waals surface area contributed by atoms with Gasteiger partial charge in [0.1, 0.15) is 5.75 Å². The molecule has 192 valence electrons. The summed E-state index contributed by atoms with van der Waals surface area (Å²) >= 11 is 0. The minimum atomic E-state index is -0.0920. The lowest BCUT2D eigenvalue weighted by molar-refractivity contribution is 0.0486. The van der Waals surface area contributed by atoms with E-state index < -0.39 is 0 Å². The largest absolute Gasteiger partial charge is 0.467 e. The third-order valence-corrected chi connectivity index (χ3v) is 8.53. The summed E-state index contributed by atoms with van der Waals surface area (Å²) in [5.74, 6) is 0.978. The summed E-state index contributed by atoms with van der Waals surface area (Å²) in [6.07, 6.45) is 4.17. The van der Waals surface area contributed by atoms with E-state index in [-0.39, 0.29) is 17.4 Å². The molecule has 0 amide bonds. The average molecular weight is 504 g/mol. The van der Waals surface area contributed by atoms with Gasteiger partial charge in [-0.3, -0.25) is 4.99 Å². The predicted molar refractivity (Wildman–Crippen MR) is 157 cm³/mol. The molecular formula is C32H42NO2P. The topological polar surface area (TPSA) is 30.8 Å². The van der Waals surface area contributed by atoms with Crippen LogP contribution in [0.1, 0.15) is 75.3 Å². The van der Waals surface area contributed by atoms with E-state index in [2.05, 4.69) is 78.8 Å². The Balaban J connectivity index is 2.15. The van der Waals surface area contributed by atoms with Crippen molar-refractivity contribution in [3.05, 3.63) is 88.5 Å². The molecular weight excluding hydrogens is 461 g/mol. The van der Waals surface area contributed by atoms with Gasteiger partial charge in [0.25, 0.3) is 0 Å². The Bertz CT molecular complexity index is 1180. The molecule has 0 heterocycles. The summed E-state index contributed by atoms with van der Waals surface area (Å²) < 4.78 is 11.7. The summed E-state index contributed by atoms with van der Waals surface area (Å²) in [7, 11) is 2.25. The van der Waals surface area contributed by atoms with Gasteiger partial charge >= 0.3 is 0 Å². The smallest absolute Gasteiger partial charge is 0.188 e. The average Bonchev–Trinajstić information content (AvgIpc) is 2.83. The first-order chi connectivity index (χ1) is 17.1. The van der Waals surface area contributed by atoms with Gasteiger partial charge in [-0.15, -0.1) is 0 Å². The van der Waals surface area contributed by atoms with Crippen LogP contribution in [0.4, 0.5) is 5.69 Å². The molecule has 36 heavy (non-hydrogen) atoms. The molecule has 0 saturated carbocycles. The van der Waals surface area contributed by atoms with Gasteiger partial charge in [0.15, 0.2) is 6.79 Å². The van der Waals surface area contributed by atoms with Crippen molar-refractivity contribution >= 4 is 25.8 Å². The lowest BCUT2D eigenvalue weighted by Crippen LogP contribution is -2.25. The summed E-state index contributed by atoms with van der Waals surface area (Å²) in [6, 6.07) is 21.3. The number of rotatable bonds is 10. The summed E-state index contributed by atoms with van der Waals surface area (Å²) in [4.78, 5) is 4.78. The molecule has 3 nitrogen and oxygen atoms in total. The van der Waals surface area contributed by atoms with Gasteiger partial charge in [-0.2, -0.15) is 0 Å². The number of hydrogen-bond donors (Lipinski definition) is 0. The van der Waals surface area contributed by atoms with E-state index in [4.69, 9.17) is 14.5 Å². The Labute approximate surface area is 220 Å². The van der Waals surface area contributed by atoms with Crippen molar-refractivity contribution in [2.24, 2.45) is 4.99 Å². The van der Waals surface area contributed by atoms with Crippen LogP contribution < -0.4 is 10.0 Å². The fraction of sp³-hybridized carbons (Fsp3) is 0.406. The van der Waals surface area contributed by atoms with Crippen molar-refractivity contribution in [1.29, 1.82) is 0 Å². The predicted octanol–water partition coefficient (Wildman–Crippen LogP) is 8.35. The standard InChI is InChI=1S/C32H42NO2P/c1-9-18-32(7,28-20-23(2)19-27(31(4,5)6)29(28)35-22-34-8)36-30-24(3)14-13-15-25(30)21-33-26-16-11-10-12-17-26/h10-17,19-21,36H,9,18,22H2,1-8H3. The molecule has 0 bridgehead atoms. The number of ether oxygens (including phenoxy) is 2. The van der Waals surface area contributed by atoms with E-state index in [1.807, 2.05) is 36.5 Å².